The SMILES string of the molecule is COC(=O)C1=C(Nc2c(Cl)cc(C(=O)O)cc2Br)C(=O)N(CCO)C1. The maximum Gasteiger partial charge on any atom is 0.337 e. The summed E-state index contributed by atoms with van der Waals surface area (Å²) in [6.07, 6.45) is 0. The first kappa shape index (κ1) is 19.2. The predicted octanol–water partition coefficient (Wildman–Crippen LogP) is 1.47. The van der Waals surface area contributed by atoms with Gasteiger partial charge >= 0.3 is 11.9 Å². The maximum absolute atomic E-state index is 12.5. The van der Waals surface area contributed by atoms with E-state index in [-0.39, 0.29) is 47.2 Å². The second-order valence-electron chi connectivity index (χ2n) is 5.04. The van der Waals surface area contributed by atoms with Gasteiger partial charge in [-0.2, -0.15) is 0 Å². The standard InChI is InChI=1S/C15H14BrClN2O6/c1-25-15(24)8-6-19(2-3-20)13(21)11(8)18-12-9(16)4-7(14(22)23)5-10(12)17/h4-5,18,20H,2-3,6H2,1H3,(H,22,23). The molecule has 1 amide bonds. The molecule has 3 N–H and O–H groups in total. The summed E-state index contributed by atoms with van der Waals surface area (Å²) in [4.78, 5) is 36.7. The molecule has 1 aliphatic rings. The number of halogens is 2. The zero-order valence-electron chi connectivity index (χ0n) is 13.0. The lowest BCUT2D eigenvalue weighted by molar-refractivity contribution is -0.136. The Kier molecular flexibility index (Phi) is 6.04. The second-order valence-corrected chi connectivity index (χ2v) is 6.30. The highest BCUT2D eigenvalue weighted by Gasteiger charge is 2.35. The molecule has 0 atom stereocenters. The molecular formula is C15H14BrClN2O6. The highest BCUT2D eigenvalue weighted by molar-refractivity contribution is 9.10. The predicted molar refractivity (Wildman–Crippen MR) is 92.4 cm³/mol. The molecule has 1 heterocycles. The fourth-order valence-corrected chi connectivity index (χ4v) is 3.23. The van der Waals surface area contributed by atoms with E-state index in [0.717, 1.165) is 0 Å². The molecule has 1 aromatic carbocycles. The first-order valence-corrected chi connectivity index (χ1v) is 8.18. The fraction of sp³-hybridized carbons (Fsp3) is 0.267. The molecular weight excluding hydrogens is 420 g/mol. The minimum Gasteiger partial charge on any atom is -0.478 e. The Morgan fingerprint density at radius 2 is 2.12 bits per heavy atom. The van der Waals surface area contributed by atoms with Crippen LogP contribution in [0.4, 0.5) is 5.69 Å². The molecule has 0 aromatic heterocycles. The number of hydrogen-bond donors (Lipinski definition) is 3. The minimum atomic E-state index is -1.16. The quantitative estimate of drug-likeness (QED) is 0.582. The number of benzene rings is 1. The maximum atomic E-state index is 12.5. The van der Waals surface area contributed by atoms with E-state index in [4.69, 9.17) is 21.8 Å². The van der Waals surface area contributed by atoms with Gasteiger partial charge in [0.1, 0.15) is 5.70 Å². The van der Waals surface area contributed by atoms with Crippen molar-refractivity contribution in [2.75, 3.05) is 32.1 Å². The lowest BCUT2D eigenvalue weighted by Gasteiger charge is -2.16. The lowest BCUT2D eigenvalue weighted by Crippen LogP contribution is -2.31. The highest BCUT2D eigenvalue weighted by atomic mass is 79.9. The third kappa shape index (κ3) is 3.94. The Morgan fingerprint density at radius 3 is 2.64 bits per heavy atom. The van der Waals surface area contributed by atoms with E-state index in [0.29, 0.717) is 4.47 Å². The molecule has 134 valence electrons. The average Bonchev–Trinajstić information content (AvgIpc) is 2.86. The zero-order valence-corrected chi connectivity index (χ0v) is 15.3. The number of ether oxygens (including phenoxy) is 1. The number of carbonyl (C=O) groups excluding carboxylic acids is 2. The van der Waals surface area contributed by atoms with Crippen molar-refractivity contribution in [3.8, 4) is 0 Å². The molecule has 0 spiro atoms. The summed E-state index contributed by atoms with van der Waals surface area (Å²) < 4.78 is 5.00. The van der Waals surface area contributed by atoms with Crippen molar-refractivity contribution in [1.82, 2.24) is 4.90 Å². The Hall–Kier alpha value is -2.10. The number of β-amino-alcohol motifs (C(OH)–C–C–N with tert-alkyl or cyclic N) is 1. The van der Waals surface area contributed by atoms with E-state index in [9.17, 15) is 14.4 Å². The Labute approximate surface area is 156 Å². The summed E-state index contributed by atoms with van der Waals surface area (Å²) in [6, 6.07) is 2.54. The summed E-state index contributed by atoms with van der Waals surface area (Å²) >= 11 is 9.30. The van der Waals surface area contributed by atoms with Gasteiger partial charge in [0.15, 0.2) is 0 Å². The van der Waals surface area contributed by atoms with Crippen LogP contribution < -0.4 is 5.32 Å². The van der Waals surface area contributed by atoms with Gasteiger partial charge in [-0.15, -0.1) is 0 Å². The van der Waals surface area contributed by atoms with Crippen molar-refractivity contribution in [2.24, 2.45) is 0 Å². The Morgan fingerprint density at radius 1 is 1.44 bits per heavy atom. The van der Waals surface area contributed by atoms with Crippen LogP contribution in [-0.2, 0) is 14.3 Å². The number of nitrogens with zero attached hydrogens (tertiary/aromatic N) is 1. The van der Waals surface area contributed by atoms with Crippen molar-refractivity contribution in [3.05, 3.63) is 38.5 Å². The number of methoxy groups -OCH3 is 1. The van der Waals surface area contributed by atoms with Gasteiger partial charge in [0.25, 0.3) is 5.91 Å². The molecule has 2 rings (SSSR count). The van der Waals surface area contributed by atoms with Crippen molar-refractivity contribution in [1.29, 1.82) is 0 Å². The first-order valence-electron chi connectivity index (χ1n) is 7.01. The molecule has 0 saturated heterocycles. The number of carboxylic acids is 1. The number of carboxylic acid groups (broad SMARTS) is 1. The molecule has 1 aliphatic heterocycles. The third-order valence-corrected chi connectivity index (χ3v) is 4.42. The molecule has 0 aliphatic carbocycles. The van der Waals surface area contributed by atoms with Crippen molar-refractivity contribution in [3.63, 3.8) is 0 Å². The number of carbonyl (C=O) groups is 3. The number of esters is 1. The normalized spacial score (nSPS) is 14.1. The van der Waals surface area contributed by atoms with E-state index < -0.39 is 17.8 Å². The average molecular weight is 434 g/mol. The monoisotopic (exact) mass is 432 g/mol. The van der Waals surface area contributed by atoms with E-state index >= 15 is 0 Å². The van der Waals surface area contributed by atoms with E-state index in [1.54, 1.807) is 0 Å². The summed E-state index contributed by atoms with van der Waals surface area (Å²) in [5.41, 5.74) is 0.253. The van der Waals surface area contributed by atoms with Crippen LogP contribution >= 0.6 is 27.5 Å². The van der Waals surface area contributed by atoms with Crippen LogP contribution in [0.2, 0.25) is 5.02 Å². The van der Waals surface area contributed by atoms with Gasteiger partial charge in [-0.1, -0.05) is 11.6 Å². The van der Waals surface area contributed by atoms with Gasteiger partial charge in [-0.05, 0) is 28.1 Å². The van der Waals surface area contributed by atoms with Gasteiger partial charge in [-0.25, -0.2) is 9.59 Å². The topological polar surface area (TPSA) is 116 Å². The third-order valence-electron chi connectivity index (χ3n) is 3.49. The van der Waals surface area contributed by atoms with Gasteiger partial charge in [-0.3, -0.25) is 4.79 Å². The number of nitrogens with one attached hydrogen (secondary N) is 1. The Balaban J connectivity index is 2.43. The molecule has 0 unspecified atom stereocenters. The summed E-state index contributed by atoms with van der Waals surface area (Å²) in [5.74, 6) is -2.35. The molecule has 0 radical (unpaired) electrons. The van der Waals surface area contributed by atoms with Crippen LogP contribution in [0.25, 0.3) is 0 Å². The van der Waals surface area contributed by atoms with Gasteiger partial charge in [0.2, 0.25) is 0 Å². The Bertz CT molecular complexity index is 756. The number of rotatable bonds is 6. The van der Waals surface area contributed by atoms with Gasteiger partial charge < -0.3 is 25.2 Å². The first-order chi connectivity index (χ1) is 11.8. The van der Waals surface area contributed by atoms with Crippen molar-refractivity contribution < 1.29 is 29.3 Å². The molecule has 1 aromatic rings. The van der Waals surface area contributed by atoms with Gasteiger partial charge in [0.05, 0.1) is 42.1 Å². The summed E-state index contributed by atoms with van der Waals surface area (Å²) in [5, 5.41) is 20.9. The lowest BCUT2D eigenvalue weighted by atomic mass is 10.2. The number of aliphatic hydroxyl groups excluding tert-OH is 1. The number of aliphatic hydroxyl groups is 1. The van der Waals surface area contributed by atoms with Crippen molar-refractivity contribution >= 4 is 51.1 Å². The molecule has 25 heavy (non-hydrogen) atoms. The van der Waals surface area contributed by atoms with Crippen LogP contribution in [-0.4, -0.2) is 59.8 Å². The van der Waals surface area contributed by atoms with Crippen LogP contribution in [0, 0.1) is 0 Å². The molecule has 10 heteroatoms. The summed E-state index contributed by atoms with van der Waals surface area (Å²) in [7, 11) is 1.19. The molecule has 0 bridgehead atoms. The van der Waals surface area contributed by atoms with E-state index in [1.165, 1.54) is 24.1 Å². The van der Waals surface area contributed by atoms with Crippen LogP contribution in [0.3, 0.4) is 0 Å². The number of aromatic carboxylic acids is 1. The minimum absolute atomic E-state index is 0.0170. The number of anilines is 1. The smallest absolute Gasteiger partial charge is 0.337 e. The summed E-state index contributed by atoms with van der Waals surface area (Å²) in [6.45, 7) is -0.223. The molecule has 8 nitrogen and oxygen atoms in total. The number of hydrogen-bond acceptors (Lipinski definition) is 6. The van der Waals surface area contributed by atoms with Crippen LogP contribution in [0.15, 0.2) is 27.9 Å². The largest absolute Gasteiger partial charge is 0.478 e. The highest BCUT2D eigenvalue weighted by Crippen LogP contribution is 2.35. The second kappa shape index (κ2) is 7.85. The molecule has 0 saturated carbocycles. The molecule has 0 fully saturated rings. The fourth-order valence-electron chi connectivity index (χ4n) is 2.29. The zero-order chi connectivity index (χ0) is 18.7. The van der Waals surface area contributed by atoms with Gasteiger partial charge in [0, 0.05) is 11.0 Å². The number of amides is 1. The van der Waals surface area contributed by atoms with Crippen LogP contribution in [0.5, 0.6) is 0 Å². The van der Waals surface area contributed by atoms with E-state index in [1.807, 2.05) is 0 Å². The van der Waals surface area contributed by atoms with Crippen molar-refractivity contribution in [2.45, 2.75) is 0 Å². The van der Waals surface area contributed by atoms with E-state index in [2.05, 4.69) is 26.0 Å². The van der Waals surface area contributed by atoms with Crippen LogP contribution in [0.1, 0.15) is 10.4 Å².